The molecule has 4 rings (SSSR count). The highest BCUT2D eigenvalue weighted by molar-refractivity contribution is 7.97. The molecule has 0 spiro atoms. The van der Waals surface area contributed by atoms with E-state index in [1.54, 1.807) is 24.3 Å². The average molecular weight is 499 g/mol. The van der Waals surface area contributed by atoms with Crippen molar-refractivity contribution >= 4 is 43.5 Å². The third kappa shape index (κ3) is 5.24. The fourth-order valence-corrected chi connectivity index (χ4v) is 6.33. The summed E-state index contributed by atoms with van der Waals surface area (Å²) in [6.45, 7) is 6.56. The zero-order chi connectivity index (χ0) is 23.4. The molecule has 1 aromatic heterocycles. The summed E-state index contributed by atoms with van der Waals surface area (Å²) in [6.07, 6.45) is 1.14. The molecule has 33 heavy (non-hydrogen) atoms. The maximum Gasteiger partial charge on any atom is 0.212 e. The molecule has 0 atom stereocenters. The van der Waals surface area contributed by atoms with Gasteiger partial charge in [0.2, 0.25) is 14.9 Å². The molecule has 0 N–H and O–H groups in total. The van der Waals surface area contributed by atoms with Gasteiger partial charge < -0.3 is 9.47 Å². The van der Waals surface area contributed by atoms with Crippen LogP contribution in [0.4, 0.5) is 0 Å². The summed E-state index contributed by atoms with van der Waals surface area (Å²) < 4.78 is 37.9. The Labute approximate surface area is 203 Å². The van der Waals surface area contributed by atoms with Crippen LogP contribution in [0.2, 0.25) is 5.02 Å². The van der Waals surface area contributed by atoms with Gasteiger partial charge in [0.05, 0.1) is 11.6 Å². The normalized spacial score (nSPS) is 11.5. The van der Waals surface area contributed by atoms with E-state index in [0.29, 0.717) is 17.4 Å². The molecule has 0 bridgehead atoms. The Morgan fingerprint density at radius 1 is 1.00 bits per heavy atom. The van der Waals surface area contributed by atoms with E-state index in [1.165, 1.54) is 6.07 Å². The summed E-state index contributed by atoms with van der Waals surface area (Å²) in [7, 11) is -3.78. The largest absolute Gasteiger partial charge is 0.494 e. The molecule has 0 saturated carbocycles. The molecule has 4 aromatic rings. The minimum atomic E-state index is -3.78. The van der Waals surface area contributed by atoms with Gasteiger partial charge in [0.25, 0.3) is 0 Å². The van der Waals surface area contributed by atoms with Gasteiger partial charge in [0.1, 0.15) is 15.7 Å². The van der Waals surface area contributed by atoms with Gasteiger partial charge in [-0.05, 0) is 53.1 Å². The van der Waals surface area contributed by atoms with E-state index in [-0.39, 0.29) is 20.6 Å². The Morgan fingerprint density at radius 3 is 2.45 bits per heavy atom. The molecular formula is C26H23ClO4S2. The van der Waals surface area contributed by atoms with Gasteiger partial charge in [0.15, 0.2) is 0 Å². The Bertz CT molecular complexity index is 1380. The minimum Gasteiger partial charge on any atom is -0.494 e. The maximum atomic E-state index is 13.2. The molecular weight excluding hydrogens is 476 g/mol. The van der Waals surface area contributed by atoms with Crippen LogP contribution in [-0.2, 0) is 16.3 Å². The van der Waals surface area contributed by atoms with E-state index < -0.39 is 9.84 Å². The minimum absolute atomic E-state index is 0.107. The van der Waals surface area contributed by atoms with Gasteiger partial charge >= 0.3 is 0 Å². The van der Waals surface area contributed by atoms with Crippen molar-refractivity contribution in [3.63, 3.8) is 0 Å². The maximum absolute atomic E-state index is 13.2. The molecule has 0 saturated heterocycles. The molecule has 0 unspecified atom stereocenters. The van der Waals surface area contributed by atoms with Gasteiger partial charge in [-0.15, -0.1) is 0 Å². The third-order valence-corrected chi connectivity index (χ3v) is 8.71. The van der Waals surface area contributed by atoms with Crippen LogP contribution in [0.25, 0.3) is 10.8 Å². The number of allylic oxidation sites excluding steroid dienone is 1. The van der Waals surface area contributed by atoms with Crippen molar-refractivity contribution in [2.45, 2.75) is 24.0 Å². The summed E-state index contributed by atoms with van der Waals surface area (Å²) >= 11 is 7.30. The van der Waals surface area contributed by atoms with Crippen LogP contribution in [0.3, 0.4) is 0 Å². The van der Waals surface area contributed by atoms with Crippen LogP contribution in [0, 0.1) is 0 Å². The summed E-state index contributed by atoms with van der Waals surface area (Å²) in [5, 5.41) is 2.62. The van der Waals surface area contributed by atoms with Crippen molar-refractivity contribution in [2.24, 2.45) is 0 Å². The number of hydrogen-bond donors (Lipinski definition) is 0. The van der Waals surface area contributed by atoms with E-state index in [2.05, 4.69) is 6.58 Å². The number of fused-ring (bicyclic) bond motifs is 1. The fourth-order valence-electron chi connectivity index (χ4n) is 3.36. The second-order valence-electron chi connectivity index (χ2n) is 7.48. The predicted octanol–water partition coefficient (Wildman–Crippen LogP) is 7.67. The second kappa shape index (κ2) is 10.00. The van der Waals surface area contributed by atoms with Crippen LogP contribution < -0.4 is 9.47 Å². The fraction of sp³-hybridized carbons (Fsp3) is 0.154. The Balaban J connectivity index is 1.52. The van der Waals surface area contributed by atoms with Gasteiger partial charge in [0, 0.05) is 11.3 Å². The number of benzene rings is 3. The second-order valence-corrected chi connectivity index (χ2v) is 11.2. The molecule has 4 nitrogen and oxygen atoms in total. The van der Waals surface area contributed by atoms with Gasteiger partial charge in [-0.25, -0.2) is 8.42 Å². The number of halogens is 1. The van der Waals surface area contributed by atoms with E-state index in [9.17, 15) is 8.42 Å². The Hall–Kier alpha value is -2.80. The first kappa shape index (κ1) is 23.4. The molecule has 0 radical (unpaired) electrons. The quantitative estimate of drug-likeness (QED) is 0.237. The molecule has 0 amide bonds. The summed E-state index contributed by atoms with van der Waals surface area (Å²) in [5.74, 6) is 1.29. The molecule has 3 aromatic carbocycles. The molecule has 0 aliphatic rings. The number of hydrogen-bond acceptors (Lipinski definition) is 5. The average Bonchev–Trinajstić information content (AvgIpc) is 3.19. The molecule has 0 aliphatic heterocycles. The highest BCUT2D eigenvalue weighted by Gasteiger charge is 2.25. The first-order chi connectivity index (χ1) is 15.9. The van der Waals surface area contributed by atoms with Crippen molar-refractivity contribution < 1.29 is 17.9 Å². The Morgan fingerprint density at radius 2 is 1.70 bits per heavy atom. The number of thiophene rings is 1. The van der Waals surface area contributed by atoms with Crippen molar-refractivity contribution in [2.75, 3.05) is 6.61 Å². The lowest BCUT2D eigenvalue weighted by molar-refractivity contribution is 0.317. The molecule has 170 valence electrons. The first-order valence-electron chi connectivity index (χ1n) is 10.5. The van der Waals surface area contributed by atoms with Crippen LogP contribution in [-0.4, -0.2) is 15.0 Å². The lowest BCUT2D eigenvalue weighted by Crippen LogP contribution is -2.05. The van der Waals surface area contributed by atoms with Crippen LogP contribution >= 0.6 is 22.9 Å². The van der Waals surface area contributed by atoms with Crippen molar-refractivity contribution in [3.05, 3.63) is 94.9 Å². The monoisotopic (exact) mass is 498 g/mol. The molecule has 7 heteroatoms. The van der Waals surface area contributed by atoms with Crippen molar-refractivity contribution in [1.82, 2.24) is 0 Å². The summed E-state index contributed by atoms with van der Waals surface area (Å²) in [6, 6.07) is 22.3. The van der Waals surface area contributed by atoms with E-state index >= 15 is 0 Å². The molecule has 1 heterocycles. The lowest BCUT2D eigenvalue weighted by Gasteiger charge is -2.09. The van der Waals surface area contributed by atoms with Crippen molar-refractivity contribution in [3.8, 4) is 16.6 Å². The zero-order valence-electron chi connectivity index (χ0n) is 18.1. The van der Waals surface area contributed by atoms with Crippen molar-refractivity contribution in [1.29, 1.82) is 0 Å². The molecule has 0 aliphatic carbocycles. The van der Waals surface area contributed by atoms with Gasteiger partial charge in [-0.3, -0.25) is 0 Å². The predicted molar refractivity (Wildman–Crippen MR) is 136 cm³/mol. The molecule has 0 fully saturated rings. The standard InChI is InChI=1S/C26H23ClO4S2/c1-3-15-30-21-11-13-22(14-12-21)31-26-24(27)17-25(32-26)33(28,29)18(2)16-20-9-6-8-19-7-4-5-10-23(19)20/h4-14,17H,2-3,15-16H2,1H3. The van der Waals surface area contributed by atoms with Crippen LogP contribution in [0.15, 0.2) is 88.5 Å². The highest BCUT2D eigenvalue weighted by atomic mass is 35.5. The topological polar surface area (TPSA) is 52.6 Å². The van der Waals surface area contributed by atoms with Crippen LogP contribution in [0.5, 0.6) is 16.6 Å². The smallest absolute Gasteiger partial charge is 0.212 e. The van der Waals surface area contributed by atoms with E-state index in [4.69, 9.17) is 21.1 Å². The number of rotatable bonds is 9. The lowest BCUT2D eigenvalue weighted by atomic mass is 10.0. The van der Waals surface area contributed by atoms with Crippen LogP contribution in [0.1, 0.15) is 18.9 Å². The summed E-state index contributed by atoms with van der Waals surface area (Å²) in [4.78, 5) is 0.112. The third-order valence-electron chi connectivity index (χ3n) is 5.05. The Kier molecular flexibility index (Phi) is 7.08. The zero-order valence-corrected chi connectivity index (χ0v) is 20.5. The number of sulfone groups is 1. The van der Waals surface area contributed by atoms with E-state index in [1.807, 2.05) is 49.4 Å². The highest BCUT2D eigenvalue weighted by Crippen LogP contribution is 2.42. The van der Waals surface area contributed by atoms with E-state index in [0.717, 1.165) is 39.8 Å². The summed E-state index contributed by atoms with van der Waals surface area (Å²) in [5.41, 5.74) is 0.909. The van der Waals surface area contributed by atoms with Gasteiger partial charge in [-0.1, -0.05) is 78.9 Å². The SMILES string of the molecule is C=C(Cc1cccc2ccccc12)S(=O)(=O)c1cc(Cl)c(Oc2ccc(OCCC)cc2)s1. The van der Waals surface area contributed by atoms with Gasteiger partial charge in [-0.2, -0.15) is 0 Å². The number of ether oxygens (including phenoxy) is 2. The first-order valence-corrected chi connectivity index (χ1v) is 13.2.